The van der Waals surface area contributed by atoms with Crippen LogP contribution in [0.1, 0.15) is 103 Å². The van der Waals surface area contributed by atoms with E-state index >= 15 is 0 Å². The summed E-state index contributed by atoms with van der Waals surface area (Å²) >= 11 is 1.97. The van der Waals surface area contributed by atoms with Crippen LogP contribution in [0, 0.1) is 0 Å². The average molecular weight is 897 g/mol. The van der Waals surface area contributed by atoms with E-state index in [1.54, 1.807) is 0 Å². The molecule has 3 aromatic heterocycles. The van der Waals surface area contributed by atoms with Gasteiger partial charge < -0.3 is 13.8 Å². The van der Waals surface area contributed by atoms with Crippen LogP contribution in [0.4, 0.5) is 11.4 Å². The lowest BCUT2D eigenvalue weighted by Gasteiger charge is -2.42. The van der Waals surface area contributed by atoms with Crippen LogP contribution in [0.3, 0.4) is 0 Å². The van der Waals surface area contributed by atoms with E-state index in [4.69, 9.17) is 4.42 Å². The molecule has 4 aliphatic rings. The molecule has 0 saturated carbocycles. The van der Waals surface area contributed by atoms with Gasteiger partial charge in [-0.3, -0.25) is 0 Å². The van der Waals surface area contributed by atoms with Gasteiger partial charge >= 0.3 is 6.85 Å². The fourth-order valence-electron chi connectivity index (χ4n) is 13.5. The van der Waals surface area contributed by atoms with Gasteiger partial charge in [0.15, 0.2) is 0 Å². The summed E-state index contributed by atoms with van der Waals surface area (Å²) in [6, 6.07) is 52.2. The van der Waals surface area contributed by atoms with E-state index in [2.05, 4.69) is 205 Å². The molecule has 11 aromatic rings. The normalized spacial score (nSPS) is 17.1. The minimum atomic E-state index is -0.131. The first-order valence-corrected chi connectivity index (χ1v) is 25.5. The predicted octanol–water partition coefficient (Wildman–Crippen LogP) is 16.2. The van der Waals surface area contributed by atoms with Crippen LogP contribution >= 0.6 is 11.3 Å². The number of benzene rings is 8. The van der Waals surface area contributed by atoms with Crippen molar-refractivity contribution in [1.82, 2.24) is 4.57 Å². The molecule has 5 heteroatoms. The molecular weight excluding hydrogens is 844 g/mol. The summed E-state index contributed by atoms with van der Waals surface area (Å²) in [4.78, 5) is 2.71. The molecule has 0 unspecified atom stereocenters. The number of furan rings is 1. The summed E-state index contributed by atoms with van der Waals surface area (Å²) < 4.78 is 12.1. The van der Waals surface area contributed by atoms with Gasteiger partial charge in [-0.05, 0) is 139 Å². The molecule has 3 nitrogen and oxygen atoms in total. The number of thiophene rings is 1. The molecule has 0 radical (unpaired) electrons. The van der Waals surface area contributed by atoms with Crippen molar-refractivity contribution >= 4 is 104 Å². The molecule has 0 saturated heterocycles. The molecule has 0 N–H and O–H groups in total. The van der Waals surface area contributed by atoms with Crippen molar-refractivity contribution < 1.29 is 4.42 Å². The summed E-state index contributed by atoms with van der Waals surface area (Å²) in [7, 11) is 0. The van der Waals surface area contributed by atoms with Gasteiger partial charge in [-0.2, -0.15) is 0 Å². The zero-order chi connectivity index (χ0) is 46.1. The SMILES string of the molecule is CC(C)(C)c1ccc(N2B3c4cc5c(cc4-n4c6cc7c(cc6c6ccc(c3c64)-c3cc4sc6cc8c(cc6c4cc32)C(C)(C)CCC8(C)C)-c2ccccc2C7(C)C)oc2ccccc25)cc1. The highest BCUT2D eigenvalue weighted by Crippen LogP contribution is 2.55. The number of rotatable bonds is 1. The number of para-hydroxylation sites is 1. The Labute approximate surface area is 402 Å². The third-order valence-electron chi connectivity index (χ3n) is 17.4. The summed E-state index contributed by atoms with van der Waals surface area (Å²) in [5.41, 5.74) is 23.4. The maximum absolute atomic E-state index is 6.78. The van der Waals surface area contributed by atoms with Crippen LogP contribution in [-0.4, -0.2) is 11.4 Å². The van der Waals surface area contributed by atoms with Gasteiger partial charge in [-0.1, -0.05) is 135 Å². The van der Waals surface area contributed by atoms with Crippen molar-refractivity contribution in [2.75, 3.05) is 4.81 Å². The van der Waals surface area contributed by atoms with Crippen LogP contribution in [0.25, 0.3) is 91.9 Å². The Morgan fingerprint density at radius 2 is 1.25 bits per heavy atom. The quantitative estimate of drug-likeness (QED) is 0.153. The standard InChI is InChI=1S/C63H53BN2OS/c1-60(2,3)34-18-20-35(21-19-34)66-52-29-45-44-27-48-49(62(6,7)25-24-61(48,4)5)32-57(44)68-56(45)30-42(52)38-22-23-39-41-26-40-36-14-10-12-16-46(36)63(8,9)47(40)31-51(41)65-53-33-55-43(37-15-11-13-17-54(37)67-55)28-50(53)64(66)58(38)59(39)65/h10-23,26-33H,24-25H2,1-9H3. The average Bonchev–Trinajstić information content (AvgIpc) is 4.03. The van der Waals surface area contributed by atoms with E-state index in [1.807, 2.05) is 11.3 Å². The molecule has 0 atom stereocenters. The van der Waals surface area contributed by atoms with Crippen molar-refractivity contribution in [3.63, 3.8) is 0 Å². The second-order valence-corrected chi connectivity index (χ2v) is 24.6. The maximum atomic E-state index is 6.78. The largest absolute Gasteiger partial charge is 0.456 e. The van der Waals surface area contributed by atoms with Gasteiger partial charge in [-0.25, -0.2) is 0 Å². The zero-order valence-electron chi connectivity index (χ0n) is 40.4. The van der Waals surface area contributed by atoms with Crippen LogP contribution in [-0.2, 0) is 21.7 Å². The molecule has 5 heterocycles. The van der Waals surface area contributed by atoms with Gasteiger partial charge in [0.1, 0.15) is 11.2 Å². The second-order valence-electron chi connectivity index (χ2n) is 23.5. The van der Waals surface area contributed by atoms with Crippen molar-refractivity contribution in [1.29, 1.82) is 0 Å². The Bertz CT molecular complexity index is 4110. The first kappa shape index (κ1) is 39.4. The van der Waals surface area contributed by atoms with Crippen molar-refractivity contribution in [2.24, 2.45) is 0 Å². The number of nitrogens with zero attached hydrogens (tertiary/aromatic N) is 2. The number of hydrogen-bond acceptors (Lipinski definition) is 3. The van der Waals surface area contributed by atoms with Crippen molar-refractivity contribution in [3.05, 3.63) is 161 Å². The molecule has 330 valence electrons. The molecule has 8 aromatic carbocycles. The third kappa shape index (κ3) is 4.91. The Morgan fingerprint density at radius 1 is 0.529 bits per heavy atom. The van der Waals surface area contributed by atoms with Crippen molar-refractivity contribution in [3.8, 4) is 27.9 Å². The maximum Gasteiger partial charge on any atom is 0.333 e. The minimum absolute atomic E-state index is 0.0298. The zero-order valence-corrected chi connectivity index (χ0v) is 41.2. The Balaban J connectivity index is 1.09. The highest BCUT2D eigenvalue weighted by molar-refractivity contribution is 7.25. The van der Waals surface area contributed by atoms with Gasteiger partial charge in [0.2, 0.25) is 0 Å². The van der Waals surface area contributed by atoms with E-state index in [0.29, 0.717) is 0 Å². The number of hydrogen-bond donors (Lipinski definition) is 0. The Morgan fingerprint density at radius 3 is 2.04 bits per heavy atom. The second kappa shape index (κ2) is 12.6. The fourth-order valence-corrected chi connectivity index (χ4v) is 14.7. The number of fused-ring (bicyclic) bond motifs is 18. The lowest BCUT2D eigenvalue weighted by atomic mass is 9.44. The molecule has 0 fully saturated rings. The smallest absolute Gasteiger partial charge is 0.333 e. The van der Waals surface area contributed by atoms with Crippen LogP contribution in [0.2, 0.25) is 0 Å². The molecule has 2 aliphatic carbocycles. The van der Waals surface area contributed by atoms with Crippen LogP contribution < -0.4 is 15.7 Å². The first-order chi connectivity index (χ1) is 32.6. The molecule has 2 aliphatic heterocycles. The first-order valence-electron chi connectivity index (χ1n) is 24.7. The predicted molar refractivity (Wildman–Crippen MR) is 292 cm³/mol. The van der Waals surface area contributed by atoms with Gasteiger partial charge in [0.25, 0.3) is 0 Å². The lowest BCUT2D eigenvalue weighted by Crippen LogP contribution is -2.60. The molecule has 0 spiro atoms. The highest BCUT2D eigenvalue weighted by atomic mass is 32.1. The summed E-state index contributed by atoms with van der Waals surface area (Å²) in [5.74, 6) is 0. The molecule has 68 heavy (non-hydrogen) atoms. The van der Waals surface area contributed by atoms with Gasteiger partial charge in [-0.15, -0.1) is 11.3 Å². The Hall–Kier alpha value is -6.56. The van der Waals surface area contributed by atoms with Gasteiger partial charge in [0, 0.05) is 75.8 Å². The molecule has 15 rings (SSSR count). The molecule has 0 amide bonds. The Kier molecular flexibility index (Phi) is 7.28. The van der Waals surface area contributed by atoms with E-state index in [-0.39, 0.29) is 28.5 Å². The van der Waals surface area contributed by atoms with Crippen LogP contribution in [0.15, 0.2) is 138 Å². The number of anilines is 2. The third-order valence-corrected chi connectivity index (χ3v) is 18.5. The summed E-state index contributed by atoms with van der Waals surface area (Å²) in [5, 5.41) is 7.65. The minimum Gasteiger partial charge on any atom is -0.456 e. The topological polar surface area (TPSA) is 21.3 Å². The monoisotopic (exact) mass is 896 g/mol. The lowest BCUT2D eigenvalue weighted by molar-refractivity contribution is 0.332. The van der Waals surface area contributed by atoms with Crippen molar-refractivity contribution in [2.45, 2.75) is 96.8 Å². The van der Waals surface area contributed by atoms with E-state index in [9.17, 15) is 0 Å². The summed E-state index contributed by atoms with van der Waals surface area (Å²) in [6.07, 6.45) is 2.41. The number of aromatic nitrogens is 1. The van der Waals surface area contributed by atoms with Crippen LogP contribution in [0.5, 0.6) is 0 Å². The fraction of sp³-hybridized carbons (Fsp3) is 0.238. The van der Waals surface area contributed by atoms with Gasteiger partial charge in [0.05, 0.1) is 11.0 Å². The van der Waals surface area contributed by atoms with E-state index in [0.717, 1.165) is 21.9 Å². The summed E-state index contributed by atoms with van der Waals surface area (Å²) in [6.45, 7) is 21.5. The van der Waals surface area contributed by atoms with E-state index in [1.165, 1.54) is 133 Å². The highest BCUT2D eigenvalue weighted by Gasteiger charge is 2.46. The molecule has 0 bridgehead atoms. The van der Waals surface area contributed by atoms with E-state index < -0.39 is 0 Å². The molecular formula is C63H53BN2OS.